The van der Waals surface area contributed by atoms with Gasteiger partial charge in [0.05, 0.1) is 11.0 Å². The molecule has 0 aromatic heterocycles. The number of rotatable bonds is 4. The molecule has 3 N–H and O–H groups in total. The van der Waals surface area contributed by atoms with Gasteiger partial charge in [0.15, 0.2) is 0 Å². The highest BCUT2D eigenvalue weighted by Crippen LogP contribution is 2.27. The van der Waals surface area contributed by atoms with E-state index in [1.54, 1.807) is 19.2 Å². The van der Waals surface area contributed by atoms with Crippen molar-refractivity contribution in [1.82, 2.24) is 4.72 Å². The summed E-state index contributed by atoms with van der Waals surface area (Å²) in [6.45, 7) is 0. The van der Waals surface area contributed by atoms with Crippen LogP contribution in [0.4, 0.5) is 5.69 Å². The van der Waals surface area contributed by atoms with Gasteiger partial charge in [0.2, 0.25) is 10.0 Å². The van der Waals surface area contributed by atoms with Crippen molar-refractivity contribution in [3.8, 4) is 0 Å². The third-order valence-electron chi connectivity index (χ3n) is 3.31. The minimum atomic E-state index is -3.60. The fourth-order valence-electron chi connectivity index (χ4n) is 2.33. The average Bonchev–Trinajstić information content (AvgIpc) is 2.78. The summed E-state index contributed by atoms with van der Waals surface area (Å²) in [5.74, 6) is 0. The number of halogens is 1. The Bertz CT molecular complexity index is 562. The number of anilines is 1. The molecule has 1 aromatic rings. The van der Waals surface area contributed by atoms with Crippen molar-refractivity contribution in [2.75, 3.05) is 12.8 Å². The van der Waals surface area contributed by atoms with Crippen molar-refractivity contribution in [3.05, 3.63) is 22.7 Å². The molecule has 0 radical (unpaired) electrons. The number of ether oxygens (including phenoxy) is 1. The lowest BCUT2D eigenvalue weighted by molar-refractivity contribution is 0.0916. The molecule has 1 aliphatic carbocycles. The van der Waals surface area contributed by atoms with E-state index in [1.807, 2.05) is 0 Å². The SMILES string of the molecule is COC1CCCC1NS(=O)(=O)c1cc(N)ccc1Br. The topological polar surface area (TPSA) is 81.4 Å². The second-order valence-corrected chi connectivity index (χ2v) is 7.16. The second kappa shape index (κ2) is 5.78. The van der Waals surface area contributed by atoms with Crippen LogP contribution in [0.15, 0.2) is 27.6 Å². The zero-order valence-corrected chi connectivity index (χ0v) is 13.0. The number of nitrogens with one attached hydrogen (secondary N) is 1. The lowest BCUT2D eigenvalue weighted by Gasteiger charge is -2.20. The Balaban J connectivity index is 2.25. The maximum Gasteiger partial charge on any atom is 0.242 e. The summed E-state index contributed by atoms with van der Waals surface area (Å²) in [6, 6.07) is 4.55. The molecular formula is C12H17BrN2O3S. The van der Waals surface area contributed by atoms with E-state index >= 15 is 0 Å². The molecule has 0 amide bonds. The monoisotopic (exact) mass is 348 g/mol. The van der Waals surface area contributed by atoms with E-state index in [2.05, 4.69) is 20.7 Å². The van der Waals surface area contributed by atoms with E-state index in [-0.39, 0.29) is 17.0 Å². The first-order valence-corrected chi connectivity index (χ1v) is 8.32. The van der Waals surface area contributed by atoms with Crippen LogP contribution in [0, 0.1) is 0 Å². The number of hydrogen-bond donors (Lipinski definition) is 2. The summed E-state index contributed by atoms with van der Waals surface area (Å²) in [6.07, 6.45) is 2.57. The van der Waals surface area contributed by atoms with Crippen LogP contribution in [0.25, 0.3) is 0 Å². The van der Waals surface area contributed by atoms with Crippen molar-refractivity contribution in [3.63, 3.8) is 0 Å². The first-order chi connectivity index (χ1) is 8.94. The van der Waals surface area contributed by atoms with Gasteiger partial charge in [-0.3, -0.25) is 0 Å². The van der Waals surface area contributed by atoms with Gasteiger partial charge in [-0.2, -0.15) is 0 Å². The summed E-state index contributed by atoms with van der Waals surface area (Å²) < 4.78 is 33.2. The number of methoxy groups -OCH3 is 1. The van der Waals surface area contributed by atoms with Crippen LogP contribution in [-0.2, 0) is 14.8 Å². The fourth-order valence-corrected chi connectivity index (χ4v) is 4.63. The highest BCUT2D eigenvalue weighted by atomic mass is 79.9. The zero-order valence-electron chi connectivity index (χ0n) is 10.6. The maximum absolute atomic E-state index is 12.4. The van der Waals surface area contributed by atoms with Gasteiger partial charge >= 0.3 is 0 Å². The van der Waals surface area contributed by atoms with E-state index in [1.165, 1.54) is 6.07 Å². The van der Waals surface area contributed by atoms with Crippen molar-refractivity contribution >= 4 is 31.6 Å². The van der Waals surface area contributed by atoms with Crippen LogP contribution in [-0.4, -0.2) is 27.7 Å². The van der Waals surface area contributed by atoms with Crippen LogP contribution in [0.2, 0.25) is 0 Å². The molecule has 7 heteroatoms. The first-order valence-electron chi connectivity index (χ1n) is 6.04. The van der Waals surface area contributed by atoms with Gasteiger partial charge in [-0.1, -0.05) is 0 Å². The molecule has 1 aromatic carbocycles. The summed E-state index contributed by atoms with van der Waals surface area (Å²) >= 11 is 3.24. The van der Waals surface area contributed by atoms with E-state index in [0.29, 0.717) is 10.2 Å². The molecule has 1 fully saturated rings. The van der Waals surface area contributed by atoms with Gasteiger partial charge in [0.1, 0.15) is 0 Å². The number of nitrogens with two attached hydrogens (primary N) is 1. The van der Waals surface area contributed by atoms with E-state index in [9.17, 15) is 8.42 Å². The molecule has 1 aliphatic rings. The number of sulfonamides is 1. The number of hydrogen-bond acceptors (Lipinski definition) is 4. The van der Waals surface area contributed by atoms with E-state index < -0.39 is 10.0 Å². The Labute approximate surface area is 121 Å². The van der Waals surface area contributed by atoms with Gasteiger partial charge in [0, 0.05) is 23.3 Å². The molecule has 2 atom stereocenters. The average molecular weight is 349 g/mol. The van der Waals surface area contributed by atoms with Gasteiger partial charge in [-0.25, -0.2) is 13.1 Å². The standard InChI is InChI=1S/C12H17BrN2O3S/c1-18-11-4-2-3-10(11)15-19(16,17)12-7-8(14)5-6-9(12)13/h5-7,10-11,15H,2-4,14H2,1H3. The van der Waals surface area contributed by atoms with Crippen LogP contribution in [0.1, 0.15) is 19.3 Å². The van der Waals surface area contributed by atoms with Crippen LogP contribution < -0.4 is 10.5 Å². The molecule has 1 saturated carbocycles. The minimum absolute atomic E-state index is 0.0605. The van der Waals surface area contributed by atoms with Crippen LogP contribution in [0.5, 0.6) is 0 Å². The summed E-state index contributed by atoms with van der Waals surface area (Å²) in [7, 11) is -1.99. The molecule has 19 heavy (non-hydrogen) atoms. The predicted octanol–water partition coefficient (Wildman–Crippen LogP) is 1.88. The highest BCUT2D eigenvalue weighted by Gasteiger charge is 2.32. The third-order valence-corrected chi connectivity index (χ3v) is 5.79. The van der Waals surface area contributed by atoms with Gasteiger partial charge in [-0.15, -0.1) is 0 Å². The Morgan fingerprint density at radius 2 is 2.16 bits per heavy atom. The highest BCUT2D eigenvalue weighted by molar-refractivity contribution is 9.10. The predicted molar refractivity (Wildman–Crippen MR) is 77.3 cm³/mol. The van der Waals surface area contributed by atoms with Crippen LogP contribution >= 0.6 is 15.9 Å². The Morgan fingerprint density at radius 1 is 1.42 bits per heavy atom. The molecule has 106 valence electrons. The molecule has 2 unspecified atom stereocenters. The summed E-state index contributed by atoms with van der Waals surface area (Å²) in [4.78, 5) is 0.161. The minimum Gasteiger partial charge on any atom is -0.399 e. The largest absolute Gasteiger partial charge is 0.399 e. The van der Waals surface area contributed by atoms with E-state index in [0.717, 1.165) is 19.3 Å². The lowest BCUT2D eigenvalue weighted by atomic mass is 10.2. The van der Waals surface area contributed by atoms with Crippen molar-refractivity contribution in [2.24, 2.45) is 0 Å². The van der Waals surface area contributed by atoms with E-state index in [4.69, 9.17) is 10.5 Å². The van der Waals surface area contributed by atoms with Crippen molar-refractivity contribution < 1.29 is 13.2 Å². The van der Waals surface area contributed by atoms with Crippen molar-refractivity contribution in [1.29, 1.82) is 0 Å². The second-order valence-electron chi connectivity index (χ2n) is 4.62. The van der Waals surface area contributed by atoms with Gasteiger partial charge in [0.25, 0.3) is 0 Å². The molecule has 0 bridgehead atoms. The maximum atomic E-state index is 12.4. The number of nitrogen functional groups attached to an aromatic ring is 1. The third kappa shape index (κ3) is 3.28. The first kappa shape index (κ1) is 14.8. The molecule has 0 heterocycles. The van der Waals surface area contributed by atoms with Gasteiger partial charge < -0.3 is 10.5 Å². The summed E-state index contributed by atoms with van der Waals surface area (Å²) in [5, 5.41) is 0. The molecule has 0 aliphatic heterocycles. The van der Waals surface area contributed by atoms with Gasteiger partial charge in [-0.05, 0) is 53.4 Å². The lowest BCUT2D eigenvalue weighted by Crippen LogP contribution is -2.40. The Kier molecular flexibility index (Phi) is 4.50. The Hall–Kier alpha value is -0.630. The normalized spacial score (nSPS) is 23.7. The Morgan fingerprint density at radius 3 is 2.84 bits per heavy atom. The molecule has 2 rings (SSSR count). The molecular weight excluding hydrogens is 332 g/mol. The van der Waals surface area contributed by atoms with Crippen LogP contribution in [0.3, 0.4) is 0 Å². The fraction of sp³-hybridized carbons (Fsp3) is 0.500. The molecule has 0 spiro atoms. The molecule has 0 saturated heterocycles. The molecule has 5 nitrogen and oxygen atoms in total. The summed E-state index contributed by atoms with van der Waals surface area (Å²) in [5.41, 5.74) is 6.06. The van der Waals surface area contributed by atoms with Crippen molar-refractivity contribution in [2.45, 2.75) is 36.3 Å². The smallest absolute Gasteiger partial charge is 0.242 e. The number of benzene rings is 1. The quantitative estimate of drug-likeness (QED) is 0.814. The zero-order chi connectivity index (χ0) is 14.0.